The number of rotatable bonds is 4. The third kappa shape index (κ3) is 3.19. The first-order valence-corrected chi connectivity index (χ1v) is 7.10. The summed E-state index contributed by atoms with van der Waals surface area (Å²) in [6.45, 7) is 13.0. The van der Waals surface area contributed by atoms with Gasteiger partial charge in [0.2, 0.25) is 0 Å². The SMILES string of the molecule is CC(C)CNCc1coc2c(C(C)(C)C)cccc12. The zero-order chi connectivity index (χ0) is 14.0. The lowest BCUT2D eigenvalue weighted by atomic mass is 9.86. The highest BCUT2D eigenvalue weighted by molar-refractivity contribution is 5.84. The minimum absolute atomic E-state index is 0.111. The van der Waals surface area contributed by atoms with Gasteiger partial charge in [-0.05, 0) is 17.9 Å². The van der Waals surface area contributed by atoms with Gasteiger partial charge in [-0.1, -0.05) is 52.8 Å². The number of para-hydroxylation sites is 1. The van der Waals surface area contributed by atoms with Crippen molar-refractivity contribution in [3.8, 4) is 0 Å². The molecule has 0 spiro atoms. The van der Waals surface area contributed by atoms with Crippen LogP contribution in [0.3, 0.4) is 0 Å². The molecule has 0 saturated carbocycles. The van der Waals surface area contributed by atoms with Gasteiger partial charge in [-0.3, -0.25) is 0 Å². The van der Waals surface area contributed by atoms with E-state index in [1.807, 2.05) is 6.26 Å². The van der Waals surface area contributed by atoms with E-state index in [2.05, 4.69) is 58.1 Å². The van der Waals surface area contributed by atoms with E-state index in [9.17, 15) is 0 Å². The molecule has 2 heteroatoms. The lowest BCUT2D eigenvalue weighted by Gasteiger charge is -2.18. The minimum Gasteiger partial charge on any atom is -0.464 e. The molecular formula is C17H25NO. The molecule has 0 aliphatic heterocycles. The van der Waals surface area contributed by atoms with Gasteiger partial charge in [-0.15, -0.1) is 0 Å². The Bertz CT molecular complexity index is 546. The number of nitrogens with one attached hydrogen (secondary N) is 1. The van der Waals surface area contributed by atoms with Crippen LogP contribution < -0.4 is 5.32 Å². The van der Waals surface area contributed by atoms with Crippen LogP contribution in [0.1, 0.15) is 45.7 Å². The van der Waals surface area contributed by atoms with Crippen LogP contribution in [0.15, 0.2) is 28.9 Å². The minimum atomic E-state index is 0.111. The molecule has 1 aromatic carbocycles. The van der Waals surface area contributed by atoms with Gasteiger partial charge in [-0.2, -0.15) is 0 Å². The maximum absolute atomic E-state index is 5.82. The van der Waals surface area contributed by atoms with Gasteiger partial charge in [0.05, 0.1) is 6.26 Å². The van der Waals surface area contributed by atoms with Crippen LogP contribution in [-0.2, 0) is 12.0 Å². The van der Waals surface area contributed by atoms with Gasteiger partial charge in [0.25, 0.3) is 0 Å². The first-order valence-electron chi connectivity index (χ1n) is 7.10. The molecule has 0 aliphatic rings. The van der Waals surface area contributed by atoms with Gasteiger partial charge in [0.15, 0.2) is 0 Å². The van der Waals surface area contributed by atoms with Gasteiger partial charge in [0.1, 0.15) is 5.58 Å². The lowest BCUT2D eigenvalue weighted by molar-refractivity contribution is 0.541. The normalized spacial score (nSPS) is 12.5. The molecule has 1 aromatic heterocycles. The fourth-order valence-corrected chi connectivity index (χ4v) is 2.33. The Morgan fingerprint density at radius 2 is 1.95 bits per heavy atom. The highest BCUT2D eigenvalue weighted by Crippen LogP contribution is 2.32. The molecule has 0 aliphatic carbocycles. The molecule has 2 aromatic rings. The molecule has 0 saturated heterocycles. The summed E-state index contributed by atoms with van der Waals surface area (Å²) in [7, 11) is 0. The molecule has 0 unspecified atom stereocenters. The number of hydrogen-bond donors (Lipinski definition) is 1. The molecular weight excluding hydrogens is 234 g/mol. The summed E-state index contributed by atoms with van der Waals surface area (Å²) < 4.78 is 5.82. The Hall–Kier alpha value is -1.28. The fourth-order valence-electron chi connectivity index (χ4n) is 2.33. The van der Waals surface area contributed by atoms with Crippen LogP contribution in [0.5, 0.6) is 0 Å². The van der Waals surface area contributed by atoms with Crippen molar-refractivity contribution >= 4 is 11.0 Å². The second-order valence-electron chi connectivity index (χ2n) is 6.72. The zero-order valence-corrected chi connectivity index (χ0v) is 12.7. The van der Waals surface area contributed by atoms with Crippen LogP contribution in [-0.4, -0.2) is 6.54 Å². The Labute approximate surface area is 116 Å². The number of benzene rings is 1. The summed E-state index contributed by atoms with van der Waals surface area (Å²) in [6, 6.07) is 6.45. The van der Waals surface area contributed by atoms with Crippen LogP contribution in [0.25, 0.3) is 11.0 Å². The smallest absolute Gasteiger partial charge is 0.137 e. The molecule has 2 nitrogen and oxygen atoms in total. The summed E-state index contributed by atoms with van der Waals surface area (Å²) in [5.41, 5.74) is 3.68. The van der Waals surface area contributed by atoms with Gasteiger partial charge in [-0.25, -0.2) is 0 Å². The number of hydrogen-bond acceptors (Lipinski definition) is 2. The number of fused-ring (bicyclic) bond motifs is 1. The van der Waals surface area contributed by atoms with E-state index in [-0.39, 0.29) is 5.41 Å². The molecule has 2 rings (SSSR count). The van der Waals surface area contributed by atoms with Crippen LogP contribution >= 0.6 is 0 Å². The maximum Gasteiger partial charge on any atom is 0.137 e. The fraction of sp³-hybridized carbons (Fsp3) is 0.529. The third-order valence-corrected chi connectivity index (χ3v) is 3.36. The predicted molar refractivity (Wildman–Crippen MR) is 81.5 cm³/mol. The van der Waals surface area contributed by atoms with Crippen molar-refractivity contribution in [1.29, 1.82) is 0 Å². The second-order valence-corrected chi connectivity index (χ2v) is 6.72. The highest BCUT2D eigenvalue weighted by Gasteiger charge is 2.19. The van der Waals surface area contributed by atoms with Crippen molar-refractivity contribution in [1.82, 2.24) is 5.32 Å². The monoisotopic (exact) mass is 259 g/mol. The van der Waals surface area contributed by atoms with E-state index in [1.165, 1.54) is 16.5 Å². The van der Waals surface area contributed by atoms with Crippen molar-refractivity contribution < 1.29 is 4.42 Å². The van der Waals surface area contributed by atoms with Gasteiger partial charge < -0.3 is 9.73 Å². The topological polar surface area (TPSA) is 25.2 Å². The molecule has 0 radical (unpaired) electrons. The average molecular weight is 259 g/mol. The summed E-state index contributed by atoms with van der Waals surface area (Å²) in [6.07, 6.45) is 1.90. The zero-order valence-electron chi connectivity index (χ0n) is 12.7. The van der Waals surface area contributed by atoms with Crippen LogP contribution in [0.2, 0.25) is 0 Å². The Morgan fingerprint density at radius 1 is 1.21 bits per heavy atom. The van der Waals surface area contributed by atoms with Crippen molar-refractivity contribution in [3.63, 3.8) is 0 Å². The first-order chi connectivity index (χ1) is 8.89. The third-order valence-electron chi connectivity index (χ3n) is 3.36. The van der Waals surface area contributed by atoms with E-state index in [4.69, 9.17) is 4.42 Å². The molecule has 104 valence electrons. The van der Waals surface area contributed by atoms with Gasteiger partial charge in [0, 0.05) is 23.1 Å². The highest BCUT2D eigenvalue weighted by atomic mass is 16.3. The van der Waals surface area contributed by atoms with E-state index < -0.39 is 0 Å². The van der Waals surface area contributed by atoms with E-state index in [1.54, 1.807) is 0 Å². The average Bonchev–Trinajstić information content (AvgIpc) is 2.70. The summed E-state index contributed by atoms with van der Waals surface area (Å²) >= 11 is 0. The summed E-state index contributed by atoms with van der Waals surface area (Å²) in [5.74, 6) is 0.670. The van der Waals surface area contributed by atoms with Crippen molar-refractivity contribution in [2.24, 2.45) is 5.92 Å². The van der Waals surface area contributed by atoms with Gasteiger partial charge >= 0.3 is 0 Å². The second kappa shape index (κ2) is 5.38. The van der Waals surface area contributed by atoms with Crippen molar-refractivity contribution in [2.75, 3.05) is 6.54 Å². The predicted octanol–water partition coefficient (Wildman–Crippen LogP) is 4.48. The van der Waals surface area contributed by atoms with Crippen LogP contribution in [0, 0.1) is 5.92 Å². The molecule has 1 heterocycles. The Balaban J connectivity index is 2.29. The summed E-state index contributed by atoms with van der Waals surface area (Å²) in [4.78, 5) is 0. The largest absolute Gasteiger partial charge is 0.464 e. The first kappa shape index (κ1) is 14.1. The quantitative estimate of drug-likeness (QED) is 0.876. The molecule has 19 heavy (non-hydrogen) atoms. The molecule has 0 atom stereocenters. The van der Waals surface area contributed by atoms with E-state index in [0.717, 1.165) is 18.7 Å². The standard InChI is InChI=1S/C17H25NO/c1-12(2)9-18-10-13-11-19-16-14(13)7-6-8-15(16)17(3,4)5/h6-8,11-12,18H,9-10H2,1-5H3. The van der Waals surface area contributed by atoms with Crippen LogP contribution in [0.4, 0.5) is 0 Å². The van der Waals surface area contributed by atoms with E-state index >= 15 is 0 Å². The molecule has 0 fully saturated rings. The Morgan fingerprint density at radius 3 is 2.58 bits per heavy atom. The molecule has 1 N–H and O–H groups in total. The lowest BCUT2D eigenvalue weighted by Crippen LogP contribution is -2.18. The number of furan rings is 1. The molecule has 0 bridgehead atoms. The maximum atomic E-state index is 5.82. The van der Waals surface area contributed by atoms with Crippen molar-refractivity contribution in [2.45, 2.75) is 46.6 Å². The Kier molecular flexibility index (Phi) is 4.00. The molecule has 0 amide bonds. The van der Waals surface area contributed by atoms with E-state index in [0.29, 0.717) is 5.92 Å². The summed E-state index contributed by atoms with van der Waals surface area (Å²) in [5, 5.41) is 4.72. The van der Waals surface area contributed by atoms with Crippen molar-refractivity contribution in [3.05, 3.63) is 35.6 Å².